The first kappa shape index (κ1) is 8.30. The number of aromatic nitrogens is 5. The predicted molar refractivity (Wildman–Crippen MR) is 49.6 cm³/mol. The Morgan fingerprint density at radius 1 is 1.50 bits per heavy atom. The maximum Gasteiger partial charge on any atom is 0.283 e. The van der Waals surface area contributed by atoms with Crippen LogP contribution in [0.4, 0.5) is 5.95 Å². The summed E-state index contributed by atoms with van der Waals surface area (Å²) in [6, 6.07) is 3.71. The zero-order valence-corrected chi connectivity index (χ0v) is 7.12. The van der Waals surface area contributed by atoms with Crippen molar-refractivity contribution in [2.75, 3.05) is 5.43 Å². The van der Waals surface area contributed by atoms with Crippen LogP contribution in [0, 0.1) is 0 Å². The van der Waals surface area contributed by atoms with E-state index in [1.807, 2.05) is 12.1 Å². The van der Waals surface area contributed by atoms with Gasteiger partial charge in [0.25, 0.3) is 5.95 Å². The minimum absolute atomic E-state index is 0.324. The Balaban J connectivity index is 1.96. The normalized spacial score (nSPS) is 10.6. The second-order valence-electron chi connectivity index (χ2n) is 2.39. The maximum atomic E-state index is 3.93. The Bertz CT molecular complexity index is 393. The largest absolute Gasteiger partial charge is 0.283 e. The van der Waals surface area contributed by atoms with Gasteiger partial charge in [-0.2, -0.15) is 10.3 Å². The molecule has 7 heteroatoms. The van der Waals surface area contributed by atoms with Crippen molar-refractivity contribution in [1.82, 2.24) is 25.6 Å². The van der Waals surface area contributed by atoms with Gasteiger partial charge < -0.3 is 0 Å². The van der Waals surface area contributed by atoms with Gasteiger partial charge in [0.15, 0.2) is 0 Å². The summed E-state index contributed by atoms with van der Waals surface area (Å²) in [5, 5.41) is 16.9. The molecule has 0 saturated carbocycles. The molecule has 0 aliphatic carbocycles. The first-order chi connectivity index (χ1) is 6.95. The molecule has 0 unspecified atom stereocenters. The lowest BCUT2D eigenvalue weighted by Gasteiger charge is -1.90. The molecule has 0 radical (unpaired) electrons. The van der Waals surface area contributed by atoms with Gasteiger partial charge in [-0.3, -0.25) is 4.98 Å². The second kappa shape index (κ2) is 4.08. The lowest BCUT2D eigenvalue weighted by Crippen LogP contribution is -1.92. The molecule has 14 heavy (non-hydrogen) atoms. The summed E-state index contributed by atoms with van der Waals surface area (Å²) < 4.78 is 0. The number of hydrazone groups is 1. The van der Waals surface area contributed by atoms with E-state index in [2.05, 4.69) is 36.1 Å². The lowest BCUT2D eigenvalue weighted by atomic mass is 10.3. The monoisotopic (exact) mass is 189 g/mol. The Labute approximate surface area is 79.3 Å². The van der Waals surface area contributed by atoms with Crippen molar-refractivity contribution in [2.24, 2.45) is 5.10 Å². The fourth-order valence-electron chi connectivity index (χ4n) is 0.826. The van der Waals surface area contributed by atoms with E-state index in [0.29, 0.717) is 5.95 Å². The summed E-state index contributed by atoms with van der Waals surface area (Å²) in [5.74, 6) is 0.324. The molecule has 2 rings (SSSR count). The first-order valence-electron chi connectivity index (χ1n) is 3.88. The van der Waals surface area contributed by atoms with Crippen molar-refractivity contribution in [3.05, 3.63) is 30.1 Å². The summed E-state index contributed by atoms with van der Waals surface area (Å²) in [4.78, 5) is 3.93. The van der Waals surface area contributed by atoms with E-state index >= 15 is 0 Å². The Hall–Kier alpha value is -2.31. The van der Waals surface area contributed by atoms with E-state index in [1.54, 1.807) is 18.6 Å². The van der Waals surface area contributed by atoms with E-state index in [0.717, 1.165) is 5.56 Å². The molecule has 2 aromatic rings. The van der Waals surface area contributed by atoms with Gasteiger partial charge >= 0.3 is 0 Å². The maximum absolute atomic E-state index is 3.93. The SMILES string of the molecule is C(=N/Nc1nn[nH]n1)/c1cccnc1. The number of pyridine rings is 1. The fraction of sp³-hybridized carbons (Fsp3) is 0. The molecule has 70 valence electrons. The minimum atomic E-state index is 0.324. The summed E-state index contributed by atoms with van der Waals surface area (Å²) >= 11 is 0. The van der Waals surface area contributed by atoms with Crippen molar-refractivity contribution in [2.45, 2.75) is 0 Å². The van der Waals surface area contributed by atoms with Crippen LogP contribution in [0.2, 0.25) is 0 Å². The van der Waals surface area contributed by atoms with E-state index in [1.165, 1.54) is 0 Å². The number of tetrazole rings is 1. The molecule has 0 atom stereocenters. The van der Waals surface area contributed by atoms with Crippen LogP contribution < -0.4 is 5.43 Å². The number of H-pyrrole nitrogens is 1. The zero-order chi connectivity index (χ0) is 9.64. The van der Waals surface area contributed by atoms with Gasteiger partial charge in [-0.05, 0) is 11.3 Å². The Morgan fingerprint density at radius 3 is 3.21 bits per heavy atom. The number of hydrogen-bond donors (Lipinski definition) is 2. The van der Waals surface area contributed by atoms with Crippen molar-refractivity contribution >= 4 is 12.2 Å². The lowest BCUT2D eigenvalue weighted by molar-refractivity contribution is 0.881. The third-order valence-corrected chi connectivity index (χ3v) is 1.41. The molecule has 0 aliphatic heterocycles. The highest BCUT2D eigenvalue weighted by atomic mass is 15.5. The van der Waals surface area contributed by atoms with Gasteiger partial charge in [0, 0.05) is 18.0 Å². The van der Waals surface area contributed by atoms with Crippen molar-refractivity contribution in [3.63, 3.8) is 0 Å². The highest BCUT2D eigenvalue weighted by Crippen LogP contribution is 1.92. The molecule has 0 saturated heterocycles. The van der Waals surface area contributed by atoms with Crippen LogP contribution in [-0.2, 0) is 0 Å². The molecular weight excluding hydrogens is 182 g/mol. The molecule has 2 N–H and O–H groups in total. The topological polar surface area (TPSA) is 91.7 Å². The standard InChI is InChI=1S/C7H7N7/c1-2-6(4-8-3-1)5-9-10-7-11-13-14-12-7/h1-5H,(H2,10,11,12,13,14)/b9-5-. The molecular formula is C7H7N7. The van der Waals surface area contributed by atoms with E-state index in [9.17, 15) is 0 Å². The predicted octanol–water partition coefficient (Wildman–Crippen LogP) is 0.0407. The van der Waals surface area contributed by atoms with Crippen LogP contribution in [0.15, 0.2) is 29.6 Å². The Kier molecular flexibility index (Phi) is 2.42. The quantitative estimate of drug-likeness (QED) is 0.525. The average molecular weight is 189 g/mol. The molecule has 2 heterocycles. The van der Waals surface area contributed by atoms with Gasteiger partial charge in [-0.15, -0.1) is 5.10 Å². The molecule has 0 fully saturated rings. The third-order valence-electron chi connectivity index (χ3n) is 1.41. The number of hydrogen-bond acceptors (Lipinski definition) is 6. The smallest absolute Gasteiger partial charge is 0.264 e. The van der Waals surface area contributed by atoms with Gasteiger partial charge in [-0.25, -0.2) is 5.43 Å². The van der Waals surface area contributed by atoms with Crippen LogP contribution in [0.25, 0.3) is 0 Å². The van der Waals surface area contributed by atoms with Crippen molar-refractivity contribution in [1.29, 1.82) is 0 Å². The number of rotatable bonds is 3. The van der Waals surface area contributed by atoms with Gasteiger partial charge in [-0.1, -0.05) is 11.2 Å². The second-order valence-corrected chi connectivity index (χ2v) is 2.39. The number of nitrogens with zero attached hydrogens (tertiary/aromatic N) is 5. The average Bonchev–Trinajstić information content (AvgIpc) is 2.72. The summed E-state index contributed by atoms with van der Waals surface area (Å²) in [5.41, 5.74) is 3.49. The molecule has 7 nitrogen and oxygen atoms in total. The Morgan fingerprint density at radius 2 is 2.50 bits per heavy atom. The number of aromatic amines is 1. The van der Waals surface area contributed by atoms with E-state index in [4.69, 9.17) is 0 Å². The van der Waals surface area contributed by atoms with Crippen LogP contribution in [0.5, 0.6) is 0 Å². The van der Waals surface area contributed by atoms with Gasteiger partial charge in [0.05, 0.1) is 6.21 Å². The van der Waals surface area contributed by atoms with Crippen LogP contribution >= 0.6 is 0 Å². The fourth-order valence-corrected chi connectivity index (χ4v) is 0.826. The number of nitrogens with one attached hydrogen (secondary N) is 2. The molecule has 0 amide bonds. The molecule has 2 aromatic heterocycles. The molecule has 0 aromatic carbocycles. The summed E-state index contributed by atoms with van der Waals surface area (Å²) in [6.07, 6.45) is 5.01. The van der Waals surface area contributed by atoms with Crippen LogP contribution in [-0.4, -0.2) is 31.8 Å². The van der Waals surface area contributed by atoms with Crippen LogP contribution in [0.1, 0.15) is 5.56 Å². The molecule has 0 aliphatic rings. The minimum Gasteiger partial charge on any atom is -0.264 e. The van der Waals surface area contributed by atoms with Crippen molar-refractivity contribution < 1.29 is 0 Å². The number of anilines is 1. The molecule has 0 spiro atoms. The van der Waals surface area contributed by atoms with Crippen molar-refractivity contribution in [3.8, 4) is 0 Å². The zero-order valence-electron chi connectivity index (χ0n) is 7.12. The summed E-state index contributed by atoms with van der Waals surface area (Å²) in [6.45, 7) is 0. The molecule has 0 bridgehead atoms. The van der Waals surface area contributed by atoms with Gasteiger partial charge in [0.1, 0.15) is 0 Å². The van der Waals surface area contributed by atoms with E-state index < -0.39 is 0 Å². The van der Waals surface area contributed by atoms with E-state index in [-0.39, 0.29) is 0 Å². The highest BCUT2D eigenvalue weighted by molar-refractivity contribution is 5.79. The third kappa shape index (κ3) is 2.09. The van der Waals surface area contributed by atoms with Crippen LogP contribution in [0.3, 0.4) is 0 Å². The first-order valence-corrected chi connectivity index (χ1v) is 3.88. The summed E-state index contributed by atoms with van der Waals surface area (Å²) in [7, 11) is 0. The highest BCUT2D eigenvalue weighted by Gasteiger charge is 1.91. The van der Waals surface area contributed by atoms with Gasteiger partial charge in [0.2, 0.25) is 0 Å².